The molecule has 0 radical (unpaired) electrons. The molecular formula is C12H7F3N2O. The molecule has 2 rings (SSSR count). The van der Waals surface area contributed by atoms with E-state index >= 15 is 0 Å². The molecule has 6 heteroatoms. The fourth-order valence-corrected chi connectivity index (χ4v) is 1.33. The molecule has 0 unspecified atom stereocenters. The van der Waals surface area contributed by atoms with Crippen LogP contribution in [0.4, 0.5) is 18.9 Å². The van der Waals surface area contributed by atoms with Crippen molar-refractivity contribution in [3.05, 3.63) is 59.7 Å². The van der Waals surface area contributed by atoms with Crippen molar-refractivity contribution in [1.29, 1.82) is 0 Å². The van der Waals surface area contributed by atoms with Gasteiger partial charge in [-0.05, 0) is 18.2 Å². The number of benzene rings is 1. The van der Waals surface area contributed by atoms with Crippen LogP contribution in [-0.2, 0) is 0 Å². The van der Waals surface area contributed by atoms with Crippen LogP contribution >= 0.6 is 0 Å². The van der Waals surface area contributed by atoms with Gasteiger partial charge in [0, 0.05) is 12.3 Å². The van der Waals surface area contributed by atoms with Gasteiger partial charge in [-0.2, -0.15) is 0 Å². The standard InChI is InChI=1S/C12H7F3N2O/c13-9-5-11(15)10(14)4-8(9)12(18)17-7-2-1-3-16-6-7/h1-6H,(H,17,18). The summed E-state index contributed by atoms with van der Waals surface area (Å²) in [7, 11) is 0. The average Bonchev–Trinajstić information content (AvgIpc) is 2.35. The molecule has 92 valence electrons. The van der Waals surface area contributed by atoms with Crippen molar-refractivity contribution in [2.24, 2.45) is 0 Å². The van der Waals surface area contributed by atoms with E-state index in [4.69, 9.17) is 0 Å². The summed E-state index contributed by atoms with van der Waals surface area (Å²) < 4.78 is 38.9. The number of aromatic nitrogens is 1. The fourth-order valence-electron chi connectivity index (χ4n) is 1.33. The summed E-state index contributed by atoms with van der Waals surface area (Å²) >= 11 is 0. The first-order valence-electron chi connectivity index (χ1n) is 4.94. The summed E-state index contributed by atoms with van der Waals surface area (Å²) in [6, 6.07) is 3.93. The second-order valence-corrected chi connectivity index (χ2v) is 3.44. The van der Waals surface area contributed by atoms with Crippen LogP contribution in [0.5, 0.6) is 0 Å². The first kappa shape index (κ1) is 12.1. The van der Waals surface area contributed by atoms with Gasteiger partial charge in [0.1, 0.15) is 5.82 Å². The van der Waals surface area contributed by atoms with Crippen LogP contribution in [0, 0.1) is 17.5 Å². The number of carbonyl (C=O) groups is 1. The number of rotatable bonds is 2. The van der Waals surface area contributed by atoms with E-state index in [1.165, 1.54) is 18.5 Å². The van der Waals surface area contributed by atoms with Crippen molar-refractivity contribution < 1.29 is 18.0 Å². The van der Waals surface area contributed by atoms with Crippen LogP contribution in [0.3, 0.4) is 0 Å². The molecule has 18 heavy (non-hydrogen) atoms. The second-order valence-electron chi connectivity index (χ2n) is 3.44. The highest BCUT2D eigenvalue weighted by Crippen LogP contribution is 2.15. The maximum absolute atomic E-state index is 13.3. The zero-order valence-corrected chi connectivity index (χ0v) is 8.95. The van der Waals surface area contributed by atoms with Crippen LogP contribution < -0.4 is 5.32 Å². The normalized spacial score (nSPS) is 10.2. The van der Waals surface area contributed by atoms with Crippen molar-refractivity contribution in [1.82, 2.24) is 4.98 Å². The molecule has 0 spiro atoms. The van der Waals surface area contributed by atoms with Gasteiger partial charge in [-0.3, -0.25) is 9.78 Å². The Morgan fingerprint density at radius 3 is 2.50 bits per heavy atom. The largest absolute Gasteiger partial charge is 0.320 e. The third-order valence-electron chi connectivity index (χ3n) is 2.17. The number of pyridine rings is 1. The molecule has 0 saturated heterocycles. The first-order valence-corrected chi connectivity index (χ1v) is 4.94. The lowest BCUT2D eigenvalue weighted by Gasteiger charge is -2.06. The van der Waals surface area contributed by atoms with E-state index in [9.17, 15) is 18.0 Å². The van der Waals surface area contributed by atoms with Gasteiger partial charge in [-0.25, -0.2) is 13.2 Å². The monoisotopic (exact) mass is 252 g/mol. The second kappa shape index (κ2) is 4.87. The number of halogens is 3. The average molecular weight is 252 g/mol. The minimum atomic E-state index is -1.34. The van der Waals surface area contributed by atoms with Crippen LogP contribution in [0.2, 0.25) is 0 Å². The van der Waals surface area contributed by atoms with Crippen LogP contribution in [0.15, 0.2) is 36.7 Å². The molecule has 1 heterocycles. The van der Waals surface area contributed by atoms with Crippen molar-refractivity contribution in [3.63, 3.8) is 0 Å². The lowest BCUT2D eigenvalue weighted by Crippen LogP contribution is -2.14. The van der Waals surface area contributed by atoms with E-state index in [0.717, 1.165) is 0 Å². The fraction of sp³-hybridized carbons (Fsp3) is 0. The highest BCUT2D eigenvalue weighted by molar-refractivity contribution is 6.04. The Balaban J connectivity index is 2.27. The Labute approximate surface area is 100 Å². The van der Waals surface area contributed by atoms with Gasteiger partial charge in [0.15, 0.2) is 11.6 Å². The highest BCUT2D eigenvalue weighted by atomic mass is 19.2. The van der Waals surface area contributed by atoms with Crippen molar-refractivity contribution in [2.75, 3.05) is 5.32 Å². The van der Waals surface area contributed by atoms with Crippen LogP contribution in [0.25, 0.3) is 0 Å². The number of carbonyl (C=O) groups excluding carboxylic acids is 1. The Hall–Kier alpha value is -2.37. The van der Waals surface area contributed by atoms with Gasteiger partial charge in [0.25, 0.3) is 5.91 Å². The smallest absolute Gasteiger partial charge is 0.258 e. The minimum absolute atomic E-state index is 0.326. The predicted molar refractivity (Wildman–Crippen MR) is 58.5 cm³/mol. The van der Waals surface area contributed by atoms with E-state index in [2.05, 4.69) is 10.3 Å². The van der Waals surface area contributed by atoms with Gasteiger partial charge in [-0.15, -0.1) is 0 Å². The summed E-state index contributed by atoms with van der Waals surface area (Å²) in [6.07, 6.45) is 2.84. The summed E-state index contributed by atoms with van der Waals surface area (Å²) in [5.74, 6) is -4.63. The first-order chi connectivity index (χ1) is 8.58. The SMILES string of the molecule is O=C(Nc1cccnc1)c1cc(F)c(F)cc1F. The zero-order valence-electron chi connectivity index (χ0n) is 8.95. The molecule has 1 N–H and O–H groups in total. The molecular weight excluding hydrogens is 245 g/mol. The highest BCUT2D eigenvalue weighted by Gasteiger charge is 2.16. The van der Waals surface area contributed by atoms with Gasteiger partial charge < -0.3 is 5.32 Å². The molecule has 1 aromatic carbocycles. The third kappa shape index (κ3) is 2.48. The molecule has 0 fully saturated rings. The molecule has 0 saturated carbocycles. The van der Waals surface area contributed by atoms with Gasteiger partial charge in [-0.1, -0.05) is 0 Å². The van der Waals surface area contributed by atoms with E-state index in [1.807, 2.05) is 0 Å². The molecule has 3 nitrogen and oxygen atoms in total. The number of nitrogens with one attached hydrogen (secondary N) is 1. The van der Waals surface area contributed by atoms with Crippen molar-refractivity contribution in [3.8, 4) is 0 Å². The summed E-state index contributed by atoms with van der Waals surface area (Å²) in [6.45, 7) is 0. The zero-order chi connectivity index (χ0) is 13.1. The minimum Gasteiger partial charge on any atom is -0.320 e. The summed E-state index contributed by atoms with van der Waals surface area (Å²) in [4.78, 5) is 15.4. The number of anilines is 1. The molecule has 0 bridgehead atoms. The van der Waals surface area contributed by atoms with Gasteiger partial charge in [0.2, 0.25) is 0 Å². The quantitative estimate of drug-likeness (QED) is 0.835. The number of nitrogens with zero attached hydrogens (tertiary/aromatic N) is 1. The molecule has 0 atom stereocenters. The Kier molecular flexibility index (Phi) is 3.27. The van der Waals surface area contributed by atoms with Crippen molar-refractivity contribution in [2.45, 2.75) is 0 Å². The number of hydrogen-bond acceptors (Lipinski definition) is 2. The maximum Gasteiger partial charge on any atom is 0.258 e. The molecule has 0 aliphatic rings. The molecule has 2 aromatic rings. The Bertz CT molecular complexity index is 587. The number of hydrogen-bond donors (Lipinski definition) is 1. The summed E-state index contributed by atoms with van der Waals surface area (Å²) in [5.41, 5.74) is -0.246. The van der Waals surface area contributed by atoms with Crippen molar-refractivity contribution >= 4 is 11.6 Å². The Morgan fingerprint density at radius 1 is 1.11 bits per heavy atom. The molecule has 0 aliphatic heterocycles. The molecule has 1 amide bonds. The molecule has 0 aliphatic carbocycles. The van der Waals surface area contributed by atoms with E-state index < -0.39 is 28.9 Å². The Morgan fingerprint density at radius 2 is 1.83 bits per heavy atom. The maximum atomic E-state index is 13.3. The third-order valence-corrected chi connectivity index (χ3v) is 2.17. The lowest BCUT2D eigenvalue weighted by atomic mass is 10.2. The van der Waals surface area contributed by atoms with Crippen LogP contribution in [0.1, 0.15) is 10.4 Å². The van der Waals surface area contributed by atoms with E-state index in [1.54, 1.807) is 6.07 Å². The topological polar surface area (TPSA) is 42.0 Å². The molecule has 1 aromatic heterocycles. The number of amides is 1. The lowest BCUT2D eigenvalue weighted by molar-refractivity contribution is 0.102. The summed E-state index contributed by atoms with van der Waals surface area (Å²) in [5, 5.41) is 2.32. The van der Waals surface area contributed by atoms with E-state index in [-0.39, 0.29) is 0 Å². The van der Waals surface area contributed by atoms with E-state index in [0.29, 0.717) is 17.8 Å². The van der Waals surface area contributed by atoms with Gasteiger partial charge >= 0.3 is 0 Å². The van der Waals surface area contributed by atoms with Gasteiger partial charge in [0.05, 0.1) is 17.4 Å². The van der Waals surface area contributed by atoms with Crippen LogP contribution in [-0.4, -0.2) is 10.9 Å². The predicted octanol–water partition coefficient (Wildman–Crippen LogP) is 2.75.